The van der Waals surface area contributed by atoms with E-state index in [9.17, 15) is 4.79 Å². The molecule has 1 aromatic rings. The number of anilines is 1. The standard InChI is InChI=1S/C13H15N3O2/c14-7-9-4-5-12(15-8-9)16-11-3-1-2-10(6-11)13(17)18/h4-5,8,10-11H,1-3,6H2,(H,15,16)(H,17,18). The van der Waals surface area contributed by atoms with Gasteiger partial charge >= 0.3 is 5.97 Å². The predicted octanol–water partition coefficient (Wildman–Crippen LogP) is 2.01. The Labute approximate surface area is 105 Å². The molecule has 18 heavy (non-hydrogen) atoms. The van der Waals surface area contributed by atoms with Crippen molar-refractivity contribution >= 4 is 11.8 Å². The van der Waals surface area contributed by atoms with E-state index in [1.807, 2.05) is 6.07 Å². The summed E-state index contributed by atoms with van der Waals surface area (Å²) in [5, 5.41) is 20.9. The first kappa shape index (κ1) is 12.4. The van der Waals surface area contributed by atoms with Gasteiger partial charge in [-0.05, 0) is 31.4 Å². The highest BCUT2D eigenvalue weighted by molar-refractivity contribution is 5.70. The van der Waals surface area contributed by atoms with E-state index in [0.717, 1.165) is 19.3 Å². The molecule has 94 valence electrons. The number of rotatable bonds is 3. The number of aromatic nitrogens is 1. The Balaban J connectivity index is 1.96. The zero-order valence-corrected chi connectivity index (χ0v) is 9.97. The minimum absolute atomic E-state index is 0.153. The molecule has 0 saturated heterocycles. The molecular weight excluding hydrogens is 230 g/mol. The Morgan fingerprint density at radius 2 is 2.33 bits per heavy atom. The quantitative estimate of drug-likeness (QED) is 0.850. The largest absolute Gasteiger partial charge is 0.481 e. The van der Waals surface area contributed by atoms with Gasteiger partial charge in [0, 0.05) is 12.2 Å². The molecule has 5 heteroatoms. The van der Waals surface area contributed by atoms with Crippen LogP contribution in [0.5, 0.6) is 0 Å². The van der Waals surface area contributed by atoms with E-state index >= 15 is 0 Å². The number of nitriles is 1. The highest BCUT2D eigenvalue weighted by Crippen LogP contribution is 2.26. The molecule has 2 rings (SSSR count). The molecule has 1 heterocycles. The fourth-order valence-electron chi connectivity index (χ4n) is 2.30. The molecule has 2 atom stereocenters. The molecule has 1 aromatic heterocycles. The summed E-state index contributed by atoms with van der Waals surface area (Å²) < 4.78 is 0. The molecule has 0 radical (unpaired) electrons. The van der Waals surface area contributed by atoms with Crippen molar-refractivity contribution < 1.29 is 9.90 Å². The topological polar surface area (TPSA) is 86.0 Å². The molecule has 1 fully saturated rings. The van der Waals surface area contributed by atoms with Crippen molar-refractivity contribution in [1.82, 2.24) is 4.98 Å². The lowest BCUT2D eigenvalue weighted by Gasteiger charge is -2.27. The van der Waals surface area contributed by atoms with Gasteiger partial charge in [-0.15, -0.1) is 0 Å². The third-order valence-electron chi connectivity index (χ3n) is 3.27. The van der Waals surface area contributed by atoms with Gasteiger partial charge in [-0.25, -0.2) is 4.98 Å². The fraction of sp³-hybridized carbons (Fsp3) is 0.462. The van der Waals surface area contributed by atoms with Crippen LogP contribution in [0.1, 0.15) is 31.2 Å². The van der Waals surface area contributed by atoms with E-state index < -0.39 is 5.97 Å². The van der Waals surface area contributed by atoms with Gasteiger partial charge in [-0.1, -0.05) is 6.42 Å². The molecule has 1 aliphatic carbocycles. The number of hydrogen-bond donors (Lipinski definition) is 2. The number of carboxylic acid groups (broad SMARTS) is 1. The van der Waals surface area contributed by atoms with Crippen LogP contribution in [0.2, 0.25) is 0 Å². The van der Waals surface area contributed by atoms with Crippen molar-refractivity contribution in [2.75, 3.05) is 5.32 Å². The van der Waals surface area contributed by atoms with Gasteiger partial charge in [-0.2, -0.15) is 5.26 Å². The first-order valence-corrected chi connectivity index (χ1v) is 6.04. The second-order valence-corrected chi connectivity index (χ2v) is 4.59. The van der Waals surface area contributed by atoms with Gasteiger partial charge in [0.1, 0.15) is 11.9 Å². The number of nitrogens with one attached hydrogen (secondary N) is 1. The Morgan fingerprint density at radius 1 is 1.50 bits per heavy atom. The molecule has 0 spiro atoms. The summed E-state index contributed by atoms with van der Waals surface area (Å²) >= 11 is 0. The zero-order chi connectivity index (χ0) is 13.0. The molecule has 1 aliphatic rings. The highest BCUT2D eigenvalue weighted by Gasteiger charge is 2.26. The summed E-state index contributed by atoms with van der Waals surface area (Å²) in [5.41, 5.74) is 0.521. The molecule has 2 unspecified atom stereocenters. The van der Waals surface area contributed by atoms with E-state index in [4.69, 9.17) is 10.4 Å². The normalized spacial score (nSPS) is 23.1. The first-order chi connectivity index (χ1) is 8.69. The van der Waals surface area contributed by atoms with E-state index in [-0.39, 0.29) is 12.0 Å². The van der Waals surface area contributed by atoms with Gasteiger partial charge < -0.3 is 10.4 Å². The average molecular weight is 245 g/mol. The summed E-state index contributed by atoms with van der Waals surface area (Å²) in [6.07, 6.45) is 4.79. The van der Waals surface area contributed by atoms with E-state index in [0.29, 0.717) is 17.8 Å². The molecule has 5 nitrogen and oxygen atoms in total. The second-order valence-electron chi connectivity index (χ2n) is 4.59. The Bertz CT molecular complexity index is 464. The molecule has 1 saturated carbocycles. The lowest BCUT2D eigenvalue weighted by Crippen LogP contribution is -2.31. The van der Waals surface area contributed by atoms with Crippen molar-refractivity contribution in [3.63, 3.8) is 0 Å². The average Bonchev–Trinajstić information content (AvgIpc) is 2.40. The summed E-state index contributed by atoms with van der Waals surface area (Å²) in [6, 6.07) is 5.62. The Kier molecular flexibility index (Phi) is 3.78. The summed E-state index contributed by atoms with van der Waals surface area (Å²) in [4.78, 5) is 15.1. The minimum atomic E-state index is -0.714. The lowest BCUT2D eigenvalue weighted by molar-refractivity contribution is -0.142. The van der Waals surface area contributed by atoms with Crippen LogP contribution in [0, 0.1) is 17.2 Å². The zero-order valence-electron chi connectivity index (χ0n) is 9.97. The molecule has 0 bridgehead atoms. The molecule has 0 amide bonds. The van der Waals surface area contributed by atoms with E-state index in [1.165, 1.54) is 6.20 Å². The van der Waals surface area contributed by atoms with Gasteiger partial charge in [0.2, 0.25) is 0 Å². The monoisotopic (exact) mass is 245 g/mol. The van der Waals surface area contributed by atoms with Crippen LogP contribution >= 0.6 is 0 Å². The van der Waals surface area contributed by atoms with Crippen molar-refractivity contribution in [3.8, 4) is 6.07 Å². The summed E-state index contributed by atoms with van der Waals surface area (Å²) in [7, 11) is 0. The maximum absolute atomic E-state index is 11.0. The number of pyridine rings is 1. The SMILES string of the molecule is N#Cc1ccc(NC2CCCC(C(=O)O)C2)nc1. The van der Waals surface area contributed by atoms with Crippen LogP contribution in [0.25, 0.3) is 0 Å². The van der Waals surface area contributed by atoms with Gasteiger partial charge in [0.25, 0.3) is 0 Å². The predicted molar refractivity (Wildman–Crippen MR) is 66.0 cm³/mol. The second kappa shape index (κ2) is 5.50. The maximum Gasteiger partial charge on any atom is 0.306 e. The summed E-state index contributed by atoms with van der Waals surface area (Å²) in [6.45, 7) is 0. The number of aliphatic carboxylic acids is 1. The number of carboxylic acids is 1. The maximum atomic E-state index is 11.0. The highest BCUT2D eigenvalue weighted by atomic mass is 16.4. The van der Waals surface area contributed by atoms with Crippen LogP contribution in [0.3, 0.4) is 0 Å². The van der Waals surface area contributed by atoms with Crippen molar-refractivity contribution in [3.05, 3.63) is 23.9 Å². The van der Waals surface area contributed by atoms with Crippen molar-refractivity contribution in [2.24, 2.45) is 5.92 Å². The summed E-state index contributed by atoms with van der Waals surface area (Å²) in [5.74, 6) is -0.269. The third-order valence-corrected chi connectivity index (χ3v) is 3.27. The Hall–Kier alpha value is -2.09. The number of hydrogen-bond acceptors (Lipinski definition) is 4. The smallest absolute Gasteiger partial charge is 0.306 e. The number of nitrogens with zero attached hydrogens (tertiary/aromatic N) is 2. The van der Waals surface area contributed by atoms with Crippen molar-refractivity contribution in [2.45, 2.75) is 31.7 Å². The molecule has 0 aromatic carbocycles. The first-order valence-electron chi connectivity index (χ1n) is 6.04. The molecule has 0 aliphatic heterocycles. The van der Waals surface area contributed by atoms with Crippen LogP contribution in [0.15, 0.2) is 18.3 Å². The van der Waals surface area contributed by atoms with Gasteiger partial charge in [0.05, 0.1) is 11.5 Å². The van der Waals surface area contributed by atoms with Crippen molar-refractivity contribution in [1.29, 1.82) is 5.26 Å². The van der Waals surface area contributed by atoms with Gasteiger partial charge in [0.15, 0.2) is 0 Å². The molecule has 2 N–H and O–H groups in total. The van der Waals surface area contributed by atoms with Crippen LogP contribution in [-0.2, 0) is 4.79 Å². The van der Waals surface area contributed by atoms with E-state index in [2.05, 4.69) is 10.3 Å². The van der Waals surface area contributed by atoms with Crippen LogP contribution < -0.4 is 5.32 Å². The molecular formula is C13H15N3O2. The van der Waals surface area contributed by atoms with Crippen LogP contribution in [-0.4, -0.2) is 22.1 Å². The Morgan fingerprint density at radius 3 is 2.94 bits per heavy atom. The van der Waals surface area contributed by atoms with E-state index in [1.54, 1.807) is 12.1 Å². The third kappa shape index (κ3) is 2.98. The van der Waals surface area contributed by atoms with Gasteiger partial charge in [-0.3, -0.25) is 4.79 Å². The lowest BCUT2D eigenvalue weighted by atomic mass is 9.86. The fourth-order valence-corrected chi connectivity index (χ4v) is 2.30. The number of carbonyl (C=O) groups is 1. The minimum Gasteiger partial charge on any atom is -0.481 e. The van der Waals surface area contributed by atoms with Crippen LogP contribution in [0.4, 0.5) is 5.82 Å².